The topological polar surface area (TPSA) is 73.1 Å². The predicted octanol–water partition coefficient (Wildman–Crippen LogP) is 3.02. The van der Waals surface area contributed by atoms with Crippen LogP contribution < -0.4 is 16.0 Å². The summed E-state index contributed by atoms with van der Waals surface area (Å²) >= 11 is 0. The molecule has 1 fully saturated rings. The maximum Gasteiger partial charge on any atom is 0.227 e. The van der Waals surface area contributed by atoms with Crippen molar-refractivity contribution in [2.24, 2.45) is 5.84 Å². The van der Waals surface area contributed by atoms with Crippen molar-refractivity contribution >= 4 is 5.82 Å². The third-order valence-corrected chi connectivity index (χ3v) is 3.32. The maximum atomic E-state index is 13.7. The second kappa shape index (κ2) is 5.25. The van der Waals surface area contributed by atoms with E-state index >= 15 is 0 Å². The van der Waals surface area contributed by atoms with Gasteiger partial charge < -0.3 is 10.2 Å². The molecule has 3 rings (SSSR count). The lowest BCUT2D eigenvalue weighted by Gasteiger charge is -2.13. The minimum absolute atomic E-state index is 0.171. The SMILES string of the molecule is Cc1c(NN)nc(C2CC2)nc1Oc1cccc(F)c1F. The largest absolute Gasteiger partial charge is 0.435 e. The van der Waals surface area contributed by atoms with Crippen molar-refractivity contribution in [2.75, 3.05) is 5.43 Å². The molecule has 110 valence electrons. The Kier molecular flexibility index (Phi) is 3.42. The number of halogens is 2. The molecule has 21 heavy (non-hydrogen) atoms. The van der Waals surface area contributed by atoms with Crippen LogP contribution in [0.4, 0.5) is 14.6 Å². The molecule has 1 aromatic heterocycles. The summed E-state index contributed by atoms with van der Waals surface area (Å²) in [6, 6.07) is 3.73. The Morgan fingerprint density at radius 3 is 2.71 bits per heavy atom. The highest BCUT2D eigenvalue weighted by molar-refractivity contribution is 5.49. The first-order valence-electron chi connectivity index (χ1n) is 6.57. The second-order valence-corrected chi connectivity index (χ2v) is 4.93. The standard InChI is InChI=1S/C14H14F2N4O/c1-7-12(20-17)18-13(8-5-6-8)19-14(7)21-10-4-2-3-9(15)11(10)16/h2-4,8H,5-6,17H2,1H3,(H,18,19,20). The lowest BCUT2D eigenvalue weighted by atomic mass is 10.3. The molecule has 1 aromatic carbocycles. The first kappa shape index (κ1) is 13.7. The Labute approximate surface area is 120 Å². The molecule has 0 radical (unpaired) electrons. The fourth-order valence-electron chi connectivity index (χ4n) is 1.94. The molecule has 0 saturated heterocycles. The minimum Gasteiger partial charge on any atom is -0.435 e. The van der Waals surface area contributed by atoms with Gasteiger partial charge in [0.15, 0.2) is 17.4 Å². The van der Waals surface area contributed by atoms with Crippen molar-refractivity contribution in [1.82, 2.24) is 9.97 Å². The van der Waals surface area contributed by atoms with Crippen LogP contribution in [-0.4, -0.2) is 9.97 Å². The van der Waals surface area contributed by atoms with Crippen molar-refractivity contribution in [2.45, 2.75) is 25.7 Å². The fraction of sp³-hybridized carbons (Fsp3) is 0.286. The number of aromatic nitrogens is 2. The molecule has 0 amide bonds. The van der Waals surface area contributed by atoms with Gasteiger partial charge in [0.2, 0.25) is 11.7 Å². The van der Waals surface area contributed by atoms with Crippen molar-refractivity contribution in [1.29, 1.82) is 0 Å². The first-order chi connectivity index (χ1) is 10.1. The van der Waals surface area contributed by atoms with E-state index in [2.05, 4.69) is 15.4 Å². The highest BCUT2D eigenvalue weighted by atomic mass is 19.2. The normalized spacial score (nSPS) is 14.1. The van der Waals surface area contributed by atoms with Crippen LogP contribution >= 0.6 is 0 Å². The Morgan fingerprint density at radius 1 is 1.29 bits per heavy atom. The number of anilines is 1. The van der Waals surface area contributed by atoms with Crippen molar-refractivity contribution in [3.63, 3.8) is 0 Å². The summed E-state index contributed by atoms with van der Waals surface area (Å²) in [6.45, 7) is 1.69. The van der Waals surface area contributed by atoms with Gasteiger partial charge in [-0.25, -0.2) is 15.2 Å². The Bertz CT molecular complexity index is 689. The number of ether oxygens (including phenoxy) is 1. The smallest absolute Gasteiger partial charge is 0.227 e. The van der Waals surface area contributed by atoms with Crippen LogP contribution in [0.1, 0.15) is 30.1 Å². The lowest BCUT2D eigenvalue weighted by Crippen LogP contribution is -2.13. The monoisotopic (exact) mass is 292 g/mol. The Hall–Kier alpha value is -2.28. The number of nitrogens with one attached hydrogen (secondary N) is 1. The quantitative estimate of drug-likeness (QED) is 0.669. The molecule has 5 nitrogen and oxygen atoms in total. The zero-order chi connectivity index (χ0) is 15.0. The van der Waals surface area contributed by atoms with Crippen molar-refractivity contribution in [3.05, 3.63) is 41.2 Å². The predicted molar refractivity (Wildman–Crippen MR) is 73.0 cm³/mol. The van der Waals surface area contributed by atoms with E-state index in [0.717, 1.165) is 18.9 Å². The summed E-state index contributed by atoms with van der Waals surface area (Å²) in [7, 11) is 0. The molecular formula is C14H14F2N4O. The molecule has 0 aliphatic heterocycles. The first-order valence-corrected chi connectivity index (χ1v) is 6.57. The third kappa shape index (κ3) is 2.64. The van der Waals surface area contributed by atoms with Gasteiger partial charge in [-0.05, 0) is 31.9 Å². The average Bonchev–Trinajstić information content (AvgIpc) is 3.30. The molecule has 1 saturated carbocycles. The number of hydrazine groups is 1. The summed E-state index contributed by atoms with van der Waals surface area (Å²) in [5.41, 5.74) is 3.00. The van der Waals surface area contributed by atoms with Crippen LogP contribution in [0.5, 0.6) is 11.6 Å². The Balaban J connectivity index is 2.01. The summed E-state index contributed by atoms with van der Waals surface area (Å²) in [5, 5.41) is 0. The van der Waals surface area contributed by atoms with E-state index in [9.17, 15) is 8.78 Å². The third-order valence-electron chi connectivity index (χ3n) is 3.32. The molecule has 0 unspecified atom stereocenters. The zero-order valence-electron chi connectivity index (χ0n) is 11.4. The van der Waals surface area contributed by atoms with Crippen LogP contribution in [0.15, 0.2) is 18.2 Å². The van der Waals surface area contributed by atoms with Crippen LogP contribution in [-0.2, 0) is 0 Å². The van der Waals surface area contributed by atoms with E-state index < -0.39 is 11.6 Å². The number of hydrogen-bond acceptors (Lipinski definition) is 5. The van der Waals surface area contributed by atoms with Gasteiger partial charge >= 0.3 is 0 Å². The average molecular weight is 292 g/mol. The van der Waals surface area contributed by atoms with Gasteiger partial charge in [0.05, 0.1) is 5.56 Å². The molecule has 2 aromatic rings. The summed E-state index contributed by atoms with van der Waals surface area (Å²) < 4.78 is 32.3. The molecule has 1 heterocycles. The molecule has 1 aliphatic rings. The second-order valence-electron chi connectivity index (χ2n) is 4.93. The molecule has 1 aliphatic carbocycles. The Morgan fingerprint density at radius 2 is 2.05 bits per heavy atom. The van der Waals surface area contributed by atoms with E-state index in [-0.39, 0.29) is 17.5 Å². The van der Waals surface area contributed by atoms with Gasteiger partial charge in [-0.2, -0.15) is 9.37 Å². The highest BCUT2D eigenvalue weighted by Crippen LogP contribution is 2.40. The molecule has 0 bridgehead atoms. The van der Waals surface area contributed by atoms with Crippen LogP contribution in [0.25, 0.3) is 0 Å². The van der Waals surface area contributed by atoms with Crippen molar-refractivity contribution < 1.29 is 13.5 Å². The fourth-order valence-corrected chi connectivity index (χ4v) is 1.94. The van der Waals surface area contributed by atoms with E-state index in [1.807, 2.05) is 0 Å². The molecule has 7 heteroatoms. The maximum absolute atomic E-state index is 13.7. The number of benzene rings is 1. The van der Waals surface area contributed by atoms with Gasteiger partial charge in [0.25, 0.3) is 0 Å². The number of nitrogens with two attached hydrogens (primary N) is 1. The van der Waals surface area contributed by atoms with Gasteiger partial charge in [-0.15, -0.1) is 0 Å². The summed E-state index contributed by atoms with van der Waals surface area (Å²) in [6.07, 6.45) is 2.00. The van der Waals surface area contributed by atoms with Gasteiger partial charge in [-0.3, -0.25) is 0 Å². The highest BCUT2D eigenvalue weighted by Gasteiger charge is 2.28. The van der Waals surface area contributed by atoms with E-state index in [1.165, 1.54) is 12.1 Å². The van der Waals surface area contributed by atoms with Crippen LogP contribution in [0.2, 0.25) is 0 Å². The van der Waals surface area contributed by atoms with Crippen LogP contribution in [0, 0.1) is 18.6 Å². The van der Waals surface area contributed by atoms with E-state index in [1.54, 1.807) is 6.92 Å². The number of nitrogens with zero attached hydrogens (tertiary/aromatic N) is 2. The van der Waals surface area contributed by atoms with Gasteiger partial charge in [0.1, 0.15) is 5.82 Å². The minimum atomic E-state index is -1.05. The van der Waals surface area contributed by atoms with Crippen LogP contribution in [0.3, 0.4) is 0 Å². The lowest BCUT2D eigenvalue weighted by molar-refractivity contribution is 0.401. The molecule has 0 atom stereocenters. The van der Waals surface area contributed by atoms with Gasteiger partial charge in [-0.1, -0.05) is 6.07 Å². The number of nitrogen functional groups attached to an aromatic ring is 1. The molecule has 3 N–H and O–H groups in total. The van der Waals surface area contributed by atoms with E-state index in [4.69, 9.17) is 10.6 Å². The van der Waals surface area contributed by atoms with Crippen molar-refractivity contribution in [3.8, 4) is 11.6 Å². The number of rotatable bonds is 4. The van der Waals surface area contributed by atoms with Gasteiger partial charge in [0, 0.05) is 5.92 Å². The summed E-state index contributed by atoms with van der Waals surface area (Å²) in [4.78, 5) is 8.59. The summed E-state index contributed by atoms with van der Waals surface area (Å²) in [5.74, 6) is 4.64. The molecular weight excluding hydrogens is 278 g/mol. The zero-order valence-corrected chi connectivity index (χ0v) is 11.4. The van der Waals surface area contributed by atoms with E-state index in [0.29, 0.717) is 17.2 Å². The molecule has 0 spiro atoms. The number of hydrogen-bond donors (Lipinski definition) is 2.